The van der Waals surface area contributed by atoms with E-state index in [4.69, 9.17) is 9.15 Å². The fraction of sp³-hybridized carbons (Fsp3) is 0.438. The van der Waals surface area contributed by atoms with Crippen LogP contribution in [0.4, 0.5) is 0 Å². The van der Waals surface area contributed by atoms with Crippen LogP contribution in [-0.4, -0.2) is 48.1 Å². The Balaban J connectivity index is 1.40. The number of carbonyl (C=O) groups excluding carboxylic acids is 1. The molecule has 0 spiro atoms. The molecule has 0 unspecified atom stereocenters. The van der Waals surface area contributed by atoms with Crippen LogP contribution >= 0.6 is 0 Å². The molecule has 6 nitrogen and oxygen atoms in total. The first-order valence-electron chi connectivity index (χ1n) is 7.59. The topological polar surface area (TPSA) is 70.5 Å². The van der Waals surface area contributed by atoms with Gasteiger partial charge in [0.1, 0.15) is 11.5 Å². The van der Waals surface area contributed by atoms with Gasteiger partial charge in [-0.2, -0.15) is 0 Å². The van der Waals surface area contributed by atoms with Crippen molar-refractivity contribution in [3.63, 3.8) is 0 Å². The fourth-order valence-corrected chi connectivity index (χ4v) is 2.64. The monoisotopic (exact) mass is 303 g/mol. The van der Waals surface area contributed by atoms with Gasteiger partial charge in [0.15, 0.2) is 0 Å². The zero-order valence-corrected chi connectivity index (χ0v) is 12.5. The van der Waals surface area contributed by atoms with Gasteiger partial charge in [0.25, 0.3) is 5.91 Å². The molecule has 0 radical (unpaired) electrons. The average Bonchev–Trinajstić information content (AvgIpc) is 3.21. The summed E-state index contributed by atoms with van der Waals surface area (Å²) in [6.45, 7) is 3.90. The summed E-state index contributed by atoms with van der Waals surface area (Å²) in [4.78, 5) is 17.0. The first kappa shape index (κ1) is 14.9. The number of H-pyrrole nitrogens is 1. The maximum atomic E-state index is 11.8. The third-order valence-electron chi connectivity index (χ3n) is 3.78. The molecule has 2 N–H and O–H groups in total. The zero-order chi connectivity index (χ0) is 15.2. The molecule has 0 bridgehead atoms. The highest BCUT2D eigenvalue weighted by Gasteiger charge is 2.21. The third-order valence-corrected chi connectivity index (χ3v) is 3.78. The number of morpholine rings is 1. The molecule has 1 atom stereocenters. The van der Waals surface area contributed by atoms with E-state index in [9.17, 15) is 4.79 Å². The van der Waals surface area contributed by atoms with E-state index in [-0.39, 0.29) is 12.0 Å². The maximum Gasteiger partial charge on any atom is 0.267 e. The molecule has 3 heterocycles. The largest absolute Gasteiger partial charge is 0.468 e. The van der Waals surface area contributed by atoms with Crippen molar-refractivity contribution in [1.82, 2.24) is 15.2 Å². The van der Waals surface area contributed by atoms with Crippen LogP contribution in [-0.2, 0) is 11.3 Å². The lowest BCUT2D eigenvalue weighted by molar-refractivity contribution is -0.0359. The van der Waals surface area contributed by atoms with E-state index in [0.29, 0.717) is 12.2 Å². The Labute approximate surface area is 129 Å². The Morgan fingerprint density at radius 2 is 2.36 bits per heavy atom. The normalized spacial score (nSPS) is 19.2. The van der Waals surface area contributed by atoms with E-state index >= 15 is 0 Å². The van der Waals surface area contributed by atoms with Crippen molar-refractivity contribution in [2.75, 3.05) is 26.2 Å². The summed E-state index contributed by atoms with van der Waals surface area (Å²) in [7, 11) is 0. The summed E-state index contributed by atoms with van der Waals surface area (Å²) < 4.78 is 11.2. The van der Waals surface area contributed by atoms with Crippen LogP contribution in [0, 0.1) is 0 Å². The zero-order valence-electron chi connectivity index (χ0n) is 12.5. The van der Waals surface area contributed by atoms with Gasteiger partial charge in [0.2, 0.25) is 0 Å². The average molecular weight is 303 g/mol. The van der Waals surface area contributed by atoms with Gasteiger partial charge in [0, 0.05) is 25.8 Å². The van der Waals surface area contributed by atoms with Crippen LogP contribution in [0.15, 0.2) is 41.1 Å². The van der Waals surface area contributed by atoms with Gasteiger partial charge in [-0.05, 0) is 30.7 Å². The Morgan fingerprint density at radius 3 is 3.14 bits per heavy atom. The molecule has 0 saturated carbocycles. The van der Waals surface area contributed by atoms with E-state index in [1.54, 1.807) is 18.5 Å². The fourth-order valence-electron chi connectivity index (χ4n) is 2.64. The molecular formula is C16H21N3O3. The minimum Gasteiger partial charge on any atom is -0.468 e. The van der Waals surface area contributed by atoms with Crippen molar-refractivity contribution >= 4 is 5.91 Å². The van der Waals surface area contributed by atoms with Gasteiger partial charge < -0.3 is 19.5 Å². The molecular weight excluding hydrogens is 282 g/mol. The van der Waals surface area contributed by atoms with Crippen LogP contribution in [0.3, 0.4) is 0 Å². The van der Waals surface area contributed by atoms with Gasteiger partial charge in [-0.3, -0.25) is 9.69 Å². The second-order valence-corrected chi connectivity index (χ2v) is 5.44. The molecule has 0 aliphatic carbocycles. The van der Waals surface area contributed by atoms with Gasteiger partial charge in [-0.1, -0.05) is 0 Å². The molecule has 1 amide bonds. The summed E-state index contributed by atoms with van der Waals surface area (Å²) in [5.41, 5.74) is 0.587. The standard InChI is InChI=1S/C16H21N3O3/c20-16(15-4-1-6-17-15)18-7-5-14-12-19(8-10-22-14)11-13-3-2-9-21-13/h1-4,6,9,14,17H,5,7-8,10-12H2,(H,18,20)/t14-/m1/s1. The summed E-state index contributed by atoms with van der Waals surface area (Å²) in [6.07, 6.45) is 4.39. The van der Waals surface area contributed by atoms with Crippen molar-refractivity contribution in [3.05, 3.63) is 48.2 Å². The van der Waals surface area contributed by atoms with Crippen molar-refractivity contribution < 1.29 is 13.9 Å². The second-order valence-electron chi connectivity index (χ2n) is 5.44. The molecule has 1 saturated heterocycles. The number of aromatic amines is 1. The predicted octanol–water partition coefficient (Wildman–Crippen LogP) is 1.63. The highest BCUT2D eigenvalue weighted by atomic mass is 16.5. The number of ether oxygens (including phenoxy) is 1. The van der Waals surface area contributed by atoms with E-state index in [1.807, 2.05) is 18.2 Å². The second kappa shape index (κ2) is 7.29. The summed E-state index contributed by atoms with van der Waals surface area (Å²) in [5, 5.41) is 2.91. The van der Waals surface area contributed by atoms with Crippen molar-refractivity contribution in [2.24, 2.45) is 0 Å². The summed E-state index contributed by atoms with van der Waals surface area (Å²) in [5.74, 6) is 0.897. The van der Waals surface area contributed by atoms with E-state index in [0.717, 1.165) is 38.4 Å². The molecule has 1 aliphatic heterocycles. The maximum absolute atomic E-state index is 11.8. The highest BCUT2D eigenvalue weighted by molar-refractivity contribution is 5.92. The highest BCUT2D eigenvalue weighted by Crippen LogP contribution is 2.12. The smallest absolute Gasteiger partial charge is 0.267 e. The number of nitrogens with one attached hydrogen (secondary N) is 2. The first-order valence-corrected chi connectivity index (χ1v) is 7.59. The summed E-state index contributed by atoms with van der Waals surface area (Å²) in [6, 6.07) is 7.47. The number of hydrogen-bond acceptors (Lipinski definition) is 4. The van der Waals surface area contributed by atoms with Crippen molar-refractivity contribution in [2.45, 2.75) is 19.1 Å². The number of amides is 1. The van der Waals surface area contributed by atoms with E-state index < -0.39 is 0 Å². The Hall–Kier alpha value is -2.05. The molecule has 0 aromatic carbocycles. The SMILES string of the molecule is O=C(NCC[C@@H]1CN(Cc2ccco2)CCO1)c1ccc[nH]1. The number of hydrogen-bond donors (Lipinski definition) is 2. The van der Waals surface area contributed by atoms with Crippen LogP contribution in [0.1, 0.15) is 22.7 Å². The third kappa shape index (κ3) is 3.99. The number of rotatable bonds is 6. The molecule has 6 heteroatoms. The molecule has 3 rings (SSSR count). The Morgan fingerprint density at radius 1 is 1.41 bits per heavy atom. The van der Waals surface area contributed by atoms with Crippen LogP contribution < -0.4 is 5.32 Å². The summed E-state index contributed by atoms with van der Waals surface area (Å²) >= 11 is 0. The molecule has 1 fully saturated rings. The molecule has 22 heavy (non-hydrogen) atoms. The number of nitrogens with zero attached hydrogens (tertiary/aromatic N) is 1. The lowest BCUT2D eigenvalue weighted by atomic mass is 10.2. The predicted molar refractivity (Wildman–Crippen MR) is 81.5 cm³/mol. The van der Waals surface area contributed by atoms with Gasteiger partial charge in [-0.25, -0.2) is 0 Å². The van der Waals surface area contributed by atoms with Crippen LogP contribution in [0.25, 0.3) is 0 Å². The minimum absolute atomic E-state index is 0.0757. The lowest BCUT2D eigenvalue weighted by Gasteiger charge is -2.32. The van der Waals surface area contributed by atoms with Gasteiger partial charge in [-0.15, -0.1) is 0 Å². The molecule has 2 aromatic heterocycles. The molecule has 1 aliphatic rings. The van der Waals surface area contributed by atoms with Crippen molar-refractivity contribution in [1.29, 1.82) is 0 Å². The Kier molecular flexibility index (Phi) is 4.92. The molecule has 118 valence electrons. The molecule has 2 aromatic rings. The van der Waals surface area contributed by atoms with E-state index in [2.05, 4.69) is 15.2 Å². The lowest BCUT2D eigenvalue weighted by Crippen LogP contribution is -2.43. The van der Waals surface area contributed by atoms with Crippen LogP contribution in [0.2, 0.25) is 0 Å². The van der Waals surface area contributed by atoms with Crippen molar-refractivity contribution in [3.8, 4) is 0 Å². The minimum atomic E-state index is -0.0757. The first-order chi connectivity index (χ1) is 10.8. The van der Waals surface area contributed by atoms with Crippen LogP contribution in [0.5, 0.6) is 0 Å². The number of furan rings is 1. The van der Waals surface area contributed by atoms with E-state index in [1.165, 1.54) is 0 Å². The van der Waals surface area contributed by atoms with Gasteiger partial charge >= 0.3 is 0 Å². The number of carbonyl (C=O) groups is 1. The van der Waals surface area contributed by atoms with Gasteiger partial charge in [0.05, 0.1) is 25.5 Å². The Bertz CT molecular complexity index is 565. The quantitative estimate of drug-likeness (QED) is 0.851. The number of aromatic nitrogens is 1.